The number of hydrogen-bond donors (Lipinski definition) is 0. The third-order valence-electron chi connectivity index (χ3n) is 4.23. The van der Waals surface area contributed by atoms with E-state index in [1.807, 2.05) is 0 Å². The second-order valence-corrected chi connectivity index (χ2v) is 5.83. The van der Waals surface area contributed by atoms with Crippen LogP contribution in [0.4, 0.5) is 0 Å². The molecule has 1 atom stereocenters. The lowest BCUT2D eigenvalue weighted by atomic mass is 10.0. The maximum absolute atomic E-state index is 12.1. The van der Waals surface area contributed by atoms with Crippen molar-refractivity contribution in [2.45, 2.75) is 12.5 Å². The standard InChI is InChI=1S/C19H18N2O6/c1-25-16-7-3-13(4-8-16)18(20(22)23)11-15-12-19(27-21(15)24)14-5-9-17(26-2)10-6-14/h3-11,19H,12H2,1-2H3/b18-11+. The Morgan fingerprint density at radius 3 is 2.19 bits per heavy atom. The van der Waals surface area contributed by atoms with Crippen LogP contribution in [0.25, 0.3) is 5.70 Å². The number of methoxy groups -OCH3 is 2. The van der Waals surface area contributed by atoms with Crippen molar-refractivity contribution in [2.24, 2.45) is 0 Å². The molecule has 2 aromatic rings. The Balaban J connectivity index is 1.84. The first-order valence-corrected chi connectivity index (χ1v) is 8.16. The molecule has 27 heavy (non-hydrogen) atoms. The molecule has 0 spiro atoms. The first-order valence-electron chi connectivity index (χ1n) is 8.16. The van der Waals surface area contributed by atoms with E-state index in [0.29, 0.717) is 22.0 Å². The lowest BCUT2D eigenvalue weighted by Gasteiger charge is -2.11. The second kappa shape index (κ2) is 7.77. The first kappa shape index (κ1) is 18.2. The number of rotatable bonds is 6. The molecule has 0 amide bonds. The number of allylic oxidation sites excluding steroid dienone is 1. The van der Waals surface area contributed by atoms with Gasteiger partial charge in [-0.15, -0.1) is 0 Å². The van der Waals surface area contributed by atoms with Gasteiger partial charge >= 0.3 is 0 Å². The molecule has 0 fully saturated rings. The lowest BCUT2D eigenvalue weighted by molar-refractivity contribution is -0.742. The average Bonchev–Trinajstić information content (AvgIpc) is 3.06. The fourth-order valence-corrected chi connectivity index (χ4v) is 2.75. The van der Waals surface area contributed by atoms with E-state index >= 15 is 0 Å². The zero-order valence-corrected chi connectivity index (χ0v) is 14.8. The highest BCUT2D eigenvalue weighted by atomic mass is 16.9. The Labute approximate surface area is 155 Å². The van der Waals surface area contributed by atoms with Crippen LogP contribution in [0.15, 0.2) is 54.6 Å². The number of ether oxygens (including phenoxy) is 2. The van der Waals surface area contributed by atoms with Crippen molar-refractivity contribution >= 4 is 11.4 Å². The van der Waals surface area contributed by atoms with E-state index in [9.17, 15) is 15.3 Å². The Bertz CT molecular complexity index is 887. The average molecular weight is 370 g/mol. The molecule has 0 radical (unpaired) electrons. The monoisotopic (exact) mass is 370 g/mol. The summed E-state index contributed by atoms with van der Waals surface area (Å²) in [7, 11) is 3.08. The smallest absolute Gasteiger partial charge is 0.283 e. The molecule has 8 heteroatoms. The fraction of sp³-hybridized carbons (Fsp3) is 0.211. The summed E-state index contributed by atoms with van der Waals surface area (Å²) in [5.41, 5.74) is 1.15. The summed E-state index contributed by atoms with van der Waals surface area (Å²) in [6.45, 7) is 0. The Morgan fingerprint density at radius 1 is 1.11 bits per heavy atom. The molecular weight excluding hydrogens is 352 g/mol. The van der Waals surface area contributed by atoms with Crippen molar-refractivity contribution in [3.8, 4) is 11.5 Å². The highest BCUT2D eigenvalue weighted by Crippen LogP contribution is 2.29. The van der Waals surface area contributed by atoms with Gasteiger partial charge < -0.3 is 14.3 Å². The maximum Gasteiger partial charge on any atom is 0.283 e. The Kier molecular flexibility index (Phi) is 5.25. The molecule has 3 rings (SSSR count). The topological polar surface area (TPSA) is 96.9 Å². The van der Waals surface area contributed by atoms with Crippen LogP contribution >= 0.6 is 0 Å². The van der Waals surface area contributed by atoms with Crippen LogP contribution in [0.5, 0.6) is 11.5 Å². The van der Waals surface area contributed by atoms with Gasteiger partial charge in [-0.3, -0.25) is 15.3 Å². The van der Waals surface area contributed by atoms with Gasteiger partial charge in [-0.25, -0.2) is 0 Å². The number of hydrogen-bond acceptors (Lipinski definition) is 6. The van der Waals surface area contributed by atoms with E-state index < -0.39 is 11.0 Å². The van der Waals surface area contributed by atoms with Gasteiger partial charge in [0.2, 0.25) is 0 Å². The first-order chi connectivity index (χ1) is 13.0. The molecule has 1 aliphatic heterocycles. The van der Waals surface area contributed by atoms with Crippen molar-refractivity contribution in [1.29, 1.82) is 0 Å². The Hall–Kier alpha value is -3.55. The van der Waals surface area contributed by atoms with Gasteiger partial charge in [0.15, 0.2) is 0 Å². The van der Waals surface area contributed by atoms with Crippen molar-refractivity contribution in [3.63, 3.8) is 0 Å². The zero-order valence-electron chi connectivity index (χ0n) is 14.8. The molecule has 2 aromatic carbocycles. The summed E-state index contributed by atoms with van der Waals surface area (Å²) < 4.78 is 10.2. The lowest BCUT2D eigenvalue weighted by Crippen LogP contribution is -2.07. The highest BCUT2D eigenvalue weighted by Gasteiger charge is 2.30. The number of benzene rings is 2. The minimum Gasteiger partial charge on any atom is -0.497 e. The minimum atomic E-state index is -0.524. The molecule has 0 saturated carbocycles. The van der Waals surface area contributed by atoms with Gasteiger partial charge in [-0.1, -0.05) is 12.1 Å². The summed E-state index contributed by atoms with van der Waals surface area (Å²) in [4.78, 5) is 16.6. The van der Waals surface area contributed by atoms with Crippen LogP contribution < -0.4 is 9.47 Å². The van der Waals surface area contributed by atoms with Gasteiger partial charge in [-0.05, 0) is 42.0 Å². The molecule has 0 bridgehead atoms. The molecule has 0 saturated heterocycles. The molecule has 0 aromatic heterocycles. The largest absolute Gasteiger partial charge is 0.497 e. The zero-order chi connectivity index (χ0) is 19.4. The van der Waals surface area contributed by atoms with E-state index in [1.54, 1.807) is 55.6 Å². The molecule has 0 aliphatic carbocycles. The molecule has 1 unspecified atom stereocenters. The summed E-state index contributed by atoms with van der Waals surface area (Å²) in [6, 6.07) is 13.5. The van der Waals surface area contributed by atoms with Gasteiger partial charge in [0.1, 0.15) is 17.6 Å². The van der Waals surface area contributed by atoms with Crippen molar-refractivity contribution < 1.29 is 24.1 Å². The number of nitro groups is 1. The van der Waals surface area contributed by atoms with Gasteiger partial charge in [0.05, 0.1) is 37.2 Å². The van der Waals surface area contributed by atoms with E-state index in [4.69, 9.17) is 14.3 Å². The second-order valence-electron chi connectivity index (χ2n) is 5.83. The van der Waals surface area contributed by atoms with Crippen LogP contribution in [0.1, 0.15) is 23.7 Å². The molecule has 8 nitrogen and oxygen atoms in total. The van der Waals surface area contributed by atoms with Crippen LogP contribution in [0.2, 0.25) is 0 Å². The quantitative estimate of drug-likeness (QED) is 0.439. The highest BCUT2D eigenvalue weighted by molar-refractivity contribution is 5.97. The molecular formula is C19H18N2O6. The van der Waals surface area contributed by atoms with Crippen LogP contribution in [-0.2, 0) is 4.84 Å². The van der Waals surface area contributed by atoms with Crippen molar-refractivity contribution in [3.05, 3.63) is 81.1 Å². The third-order valence-corrected chi connectivity index (χ3v) is 4.23. The molecule has 1 heterocycles. The van der Waals surface area contributed by atoms with Gasteiger partial charge in [0.25, 0.3) is 11.4 Å². The summed E-state index contributed by atoms with van der Waals surface area (Å²) in [5, 5.41) is 23.6. The van der Waals surface area contributed by atoms with E-state index in [1.165, 1.54) is 13.2 Å². The van der Waals surface area contributed by atoms with Gasteiger partial charge in [0, 0.05) is 4.90 Å². The number of nitrogens with zero attached hydrogens (tertiary/aromatic N) is 2. The summed E-state index contributed by atoms with van der Waals surface area (Å²) in [5.74, 6) is 1.28. The van der Waals surface area contributed by atoms with Crippen LogP contribution in [0.3, 0.4) is 0 Å². The van der Waals surface area contributed by atoms with Crippen LogP contribution in [0, 0.1) is 15.3 Å². The van der Waals surface area contributed by atoms with Gasteiger partial charge in [-0.2, -0.15) is 0 Å². The maximum atomic E-state index is 12.1. The van der Waals surface area contributed by atoms with Crippen LogP contribution in [-0.4, -0.2) is 29.8 Å². The summed E-state index contributed by atoms with van der Waals surface area (Å²) >= 11 is 0. The van der Waals surface area contributed by atoms with E-state index in [-0.39, 0.29) is 17.8 Å². The Morgan fingerprint density at radius 2 is 1.67 bits per heavy atom. The normalized spacial score (nSPS) is 16.8. The van der Waals surface area contributed by atoms with Crippen molar-refractivity contribution in [1.82, 2.24) is 0 Å². The predicted octanol–water partition coefficient (Wildman–Crippen LogP) is 3.35. The third kappa shape index (κ3) is 4.00. The molecule has 140 valence electrons. The minimum absolute atomic E-state index is 0.179. The SMILES string of the molecule is COc1ccc(/C(=C\C2=[N+]([O-])OC(c3ccc(OC)cc3)C2)[N+](=O)[O-])cc1. The predicted molar refractivity (Wildman–Crippen MR) is 98.0 cm³/mol. The van der Waals surface area contributed by atoms with E-state index in [2.05, 4.69) is 0 Å². The van der Waals surface area contributed by atoms with Crippen molar-refractivity contribution in [2.75, 3.05) is 14.2 Å². The molecule has 1 aliphatic rings. The molecule has 0 N–H and O–H groups in total. The fourth-order valence-electron chi connectivity index (χ4n) is 2.75. The summed E-state index contributed by atoms with van der Waals surface area (Å²) in [6.07, 6.45) is 0.963. The van der Waals surface area contributed by atoms with E-state index in [0.717, 1.165) is 5.56 Å².